The summed E-state index contributed by atoms with van der Waals surface area (Å²) in [5.74, 6) is 0.418. The van der Waals surface area contributed by atoms with Crippen molar-refractivity contribution in [2.45, 2.75) is 19.4 Å². The summed E-state index contributed by atoms with van der Waals surface area (Å²) < 4.78 is 0. The normalized spacial score (nSPS) is 18.8. The van der Waals surface area contributed by atoms with Gasteiger partial charge in [-0.2, -0.15) is 0 Å². The zero-order valence-corrected chi connectivity index (χ0v) is 14.7. The van der Waals surface area contributed by atoms with Crippen molar-refractivity contribution in [1.29, 1.82) is 0 Å². The lowest BCUT2D eigenvalue weighted by Gasteiger charge is -2.33. The third kappa shape index (κ3) is 4.01. The van der Waals surface area contributed by atoms with Gasteiger partial charge in [-0.1, -0.05) is 24.3 Å². The van der Waals surface area contributed by atoms with Crippen molar-refractivity contribution in [2.75, 3.05) is 27.2 Å². The van der Waals surface area contributed by atoms with E-state index in [1.165, 1.54) is 16.0 Å². The summed E-state index contributed by atoms with van der Waals surface area (Å²) >= 11 is 1.77. The van der Waals surface area contributed by atoms with E-state index in [0.29, 0.717) is 0 Å². The van der Waals surface area contributed by atoms with Crippen LogP contribution in [-0.2, 0) is 11.3 Å². The molecule has 0 saturated carbocycles. The van der Waals surface area contributed by atoms with E-state index in [2.05, 4.69) is 46.7 Å². The highest BCUT2D eigenvalue weighted by Gasteiger charge is 2.26. The molecule has 1 aliphatic rings. The summed E-state index contributed by atoms with van der Waals surface area (Å²) in [7, 11) is 3.71. The predicted octanol–water partition coefficient (Wildman–Crippen LogP) is 3.72. The van der Waals surface area contributed by atoms with Gasteiger partial charge >= 0.3 is 0 Å². The fourth-order valence-electron chi connectivity index (χ4n) is 3.29. The quantitative estimate of drug-likeness (QED) is 0.854. The average molecular weight is 328 g/mol. The smallest absolute Gasteiger partial charge is 0.226 e. The first kappa shape index (κ1) is 16.2. The summed E-state index contributed by atoms with van der Waals surface area (Å²) in [5.41, 5.74) is 2.62. The van der Waals surface area contributed by atoms with E-state index < -0.39 is 0 Å². The predicted molar refractivity (Wildman–Crippen MR) is 96.5 cm³/mol. The van der Waals surface area contributed by atoms with Gasteiger partial charge in [-0.25, -0.2) is 0 Å². The number of benzene rings is 1. The molecule has 4 heteroatoms. The zero-order valence-electron chi connectivity index (χ0n) is 13.9. The van der Waals surface area contributed by atoms with E-state index in [1.54, 1.807) is 16.2 Å². The summed E-state index contributed by atoms with van der Waals surface area (Å²) in [4.78, 5) is 17.7. The Bertz CT molecular complexity index is 651. The Morgan fingerprint density at radius 3 is 2.91 bits per heavy atom. The molecule has 1 aromatic carbocycles. The maximum Gasteiger partial charge on any atom is 0.226 e. The molecule has 1 unspecified atom stereocenters. The van der Waals surface area contributed by atoms with Gasteiger partial charge in [0.2, 0.25) is 5.91 Å². The fraction of sp³-hybridized carbons (Fsp3) is 0.421. The molecule has 3 nitrogen and oxygen atoms in total. The third-order valence-corrected chi connectivity index (χ3v) is 5.35. The lowest BCUT2D eigenvalue weighted by Crippen LogP contribution is -2.42. The summed E-state index contributed by atoms with van der Waals surface area (Å²) in [5, 5.41) is 2.12. The number of rotatable bonds is 4. The summed E-state index contributed by atoms with van der Waals surface area (Å²) in [6.45, 7) is 2.89. The highest BCUT2D eigenvalue weighted by atomic mass is 32.1. The van der Waals surface area contributed by atoms with Crippen molar-refractivity contribution in [3.63, 3.8) is 0 Å². The molecule has 2 heterocycles. The minimum Gasteiger partial charge on any atom is -0.349 e. The highest BCUT2D eigenvalue weighted by molar-refractivity contribution is 7.13. The minimum atomic E-state index is 0.152. The number of hydrogen-bond donors (Lipinski definition) is 0. The van der Waals surface area contributed by atoms with Gasteiger partial charge < -0.3 is 4.90 Å². The van der Waals surface area contributed by atoms with Crippen molar-refractivity contribution in [3.8, 4) is 10.4 Å². The number of thiophene rings is 1. The zero-order chi connectivity index (χ0) is 16.2. The molecule has 0 aliphatic carbocycles. The van der Waals surface area contributed by atoms with E-state index in [1.807, 2.05) is 14.1 Å². The number of hydrogen-bond acceptors (Lipinski definition) is 3. The maximum atomic E-state index is 12.2. The van der Waals surface area contributed by atoms with Crippen molar-refractivity contribution in [1.82, 2.24) is 9.80 Å². The monoisotopic (exact) mass is 328 g/mol. The molecule has 1 amide bonds. The standard InChI is InChI=1S/C19H24N2OS/c1-20(2)19(22)17-8-4-10-21(14-17)13-15-6-3-7-16(12-15)18-9-5-11-23-18/h3,5-7,9,11-12,17H,4,8,10,13-14H2,1-2H3. The van der Waals surface area contributed by atoms with Crippen LogP contribution < -0.4 is 0 Å². The van der Waals surface area contributed by atoms with Crippen molar-refractivity contribution in [2.24, 2.45) is 5.92 Å². The average Bonchev–Trinajstić information content (AvgIpc) is 3.09. The fourth-order valence-corrected chi connectivity index (χ4v) is 4.01. The van der Waals surface area contributed by atoms with Gasteiger partial charge in [0.15, 0.2) is 0 Å². The Morgan fingerprint density at radius 2 is 2.17 bits per heavy atom. The SMILES string of the molecule is CN(C)C(=O)C1CCCN(Cc2cccc(-c3cccs3)c2)C1. The lowest BCUT2D eigenvalue weighted by atomic mass is 9.96. The molecule has 1 saturated heterocycles. The van der Waals surface area contributed by atoms with Gasteiger partial charge in [0.05, 0.1) is 5.92 Å². The van der Waals surface area contributed by atoms with Crippen LogP contribution in [0.4, 0.5) is 0 Å². The lowest BCUT2D eigenvalue weighted by molar-refractivity contribution is -0.134. The first-order valence-corrected chi connectivity index (χ1v) is 9.08. The number of piperidine rings is 1. The second kappa shape index (κ2) is 7.28. The molecule has 122 valence electrons. The molecule has 1 atom stereocenters. The Hall–Kier alpha value is -1.65. The second-order valence-electron chi connectivity index (χ2n) is 6.48. The van der Waals surface area contributed by atoms with E-state index in [4.69, 9.17) is 0 Å². The number of carbonyl (C=O) groups excluding carboxylic acids is 1. The van der Waals surface area contributed by atoms with E-state index in [9.17, 15) is 4.79 Å². The molecule has 1 fully saturated rings. The Balaban J connectivity index is 1.67. The third-order valence-electron chi connectivity index (χ3n) is 4.43. The summed E-state index contributed by atoms with van der Waals surface area (Å²) in [6, 6.07) is 13.0. The number of nitrogens with zero attached hydrogens (tertiary/aromatic N) is 2. The van der Waals surface area contributed by atoms with Gasteiger partial charge in [0, 0.05) is 32.1 Å². The topological polar surface area (TPSA) is 23.6 Å². The molecular formula is C19H24N2OS. The van der Waals surface area contributed by atoms with Crippen LogP contribution in [0.3, 0.4) is 0 Å². The minimum absolute atomic E-state index is 0.152. The van der Waals surface area contributed by atoms with Crippen LogP contribution in [0, 0.1) is 5.92 Å². The van der Waals surface area contributed by atoms with Crippen LogP contribution in [0.2, 0.25) is 0 Å². The molecule has 0 N–H and O–H groups in total. The van der Waals surface area contributed by atoms with Crippen LogP contribution in [0.1, 0.15) is 18.4 Å². The highest BCUT2D eigenvalue weighted by Crippen LogP contribution is 2.26. The van der Waals surface area contributed by atoms with Gasteiger partial charge in [-0.3, -0.25) is 9.69 Å². The molecular weight excluding hydrogens is 304 g/mol. The summed E-state index contributed by atoms with van der Waals surface area (Å²) in [6.07, 6.45) is 2.12. The Morgan fingerprint density at radius 1 is 1.30 bits per heavy atom. The first-order chi connectivity index (χ1) is 11.1. The van der Waals surface area contributed by atoms with E-state index in [0.717, 1.165) is 32.5 Å². The van der Waals surface area contributed by atoms with Gasteiger partial charge in [-0.05, 0) is 48.0 Å². The molecule has 0 radical (unpaired) electrons. The van der Waals surface area contributed by atoms with Crippen LogP contribution in [0.15, 0.2) is 41.8 Å². The Labute approximate surface area is 142 Å². The van der Waals surface area contributed by atoms with E-state index in [-0.39, 0.29) is 11.8 Å². The van der Waals surface area contributed by atoms with Crippen molar-refractivity contribution in [3.05, 3.63) is 47.3 Å². The number of amides is 1. The molecule has 2 aromatic rings. The maximum absolute atomic E-state index is 12.2. The van der Waals surface area contributed by atoms with E-state index >= 15 is 0 Å². The van der Waals surface area contributed by atoms with Crippen molar-refractivity contribution >= 4 is 17.2 Å². The molecule has 23 heavy (non-hydrogen) atoms. The molecule has 0 spiro atoms. The second-order valence-corrected chi connectivity index (χ2v) is 7.43. The Kier molecular flexibility index (Phi) is 5.13. The molecule has 1 aliphatic heterocycles. The van der Waals surface area contributed by atoms with Crippen LogP contribution >= 0.6 is 11.3 Å². The van der Waals surface area contributed by atoms with Gasteiger partial charge in [0.25, 0.3) is 0 Å². The van der Waals surface area contributed by atoms with Gasteiger partial charge in [0.1, 0.15) is 0 Å². The van der Waals surface area contributed by atoms with Crippen LogP contribution in [0.5, 0.6) is 0 Å². The van der Waals surface area contributed by atoms with Crippen molar-refractivity contribution < 1.29 is 4.79 Å². The van der Waals surface area contributed by atoms with Gasteiger partial charge in [-0.15, -0.1) is 11.3 Å². The first-order valence-electron chi connectivity index (χ1n) is 8.20. The van der Waals surface area contributed by atoms with Crippen LogP contribution in [0.25, 0.3) is 10.4 Å². The molecule has 3 rings (SSSR count). The largest absolute Gasteiger partial charge is 0.349 e. The number of carbonyl (C=O) groups is 1. The molecule has 1 aromatic heterocycles. The van der Waals surface area contributed by atoms with Crippen LogP contribution in [-0.4, -0.2) is 42.9 Å². The number of likely N-dealkylation sites (tertiary alicyclic amines) is 1. The molecule has 0 bridgehead atoms.